The Balaban J connectivity index is 1.46. The summed E-state index contributed by atoms with van der Waals surface area (Å²) in [5, 5.41) is 7.29. The number of nitrogen functional groups attached to an aromatic ring is 1. The summed E-state index contributed by atoms with van der Waals surface area (Å²) < 4.78 is 14.6. The maximum atomic E-state index is 13.4. The zero-order valence-electron chi connectivity index (χ0n) is 16.2. The van der Waals surface area contributed by atoms with Crippen LogP contribution in [0.1, 0.15) is 10.4 Å². The Morgan fingerprint density at radius 2 is 1.97 bits per heavy atom. The van der Waals surface area contributed by atoms with Gasteiger partial charge >= 0.3 is 0 Å². The molecule has 5 heterocycles. The zero-order valence-corrected chi connectivity index (χ0v) is 17.0. The molecule has 2 saturated heterocycles. The standard InChI is InChI=1S/C19H20ClFN8O/c1-27-5-10-7-28(8-11(10)6-27)16-13(20)3-23-4-14(16)25-19(30)15-17(22)26-29-9-12(21)2-24-18(15)29/h2-4,9-11H,5-8H2,1H3,(H2,22,26)(H,25,30). The molecule has 0 spiro atoms. The van der Waals surface area contributed by atoms with E-state index in [0.717, 1.165) is 48.8 Å². The fourth-order valence-corrected chi connectivity index (χ4v) is 4.86. The number of hydrogen-bond acceptors (Lipinski definition) is 7. The molecule has 0 saturated carbocycles. The van der Waals surface area contributed by atoms with Crippen molar-refractivity contribution in [2.24, 2.45) is 11.8 Å². The zero-order chi connectivity index (χ0) is 21.0. The predicted octanol–water partition coefficient (Wildman–Crippen LogP) is 1.75. The Bertz CT molecular complexity index is 1140. The normalized spacial score (nSPS) is 21.4. The Hall–Kier alpha value is -2.98. The molecule has 2 aliphatic heterocycles. The number of pyridine rings is 1. The van der Waals surface area contributed by atoms with E-state index in [1.165, 1.54) is 0 Å². The minimum Gasteiger partial charge on any atom is -0.381 e. The third-order valence-corrected chi connectivity index (χ3v) is 6.08. The highest BCUT2D eigenvalue weighted by Gasteiger charge is 2.40. The molecule has 9 nitrogen and oxygen atoms in total. The van der Waals surface area contributed by atoms with Crippen molar-refractivity contribution in [2.75, 3.05) is 49.2 Å². The molecule has 2 aliphatic rings. The second kappa shape index (κ2) is 7.06. The van der Waals surface area contributed by atoms with Crippen LogP contribution in [0.4, 0.5) is 21.6 Å². The van der Waals surface area contributed by atoms with Crippen molar-refractivity contribution >= 4 is 40.3 Å². The SMILES string of the molecule is CN1CC2CN(c3c(Cl)cncc3NC(=O)c3c(N)nn4cc(F)cnc34)CC2C1. The van der Waals surface area contributed by atoms with Crippen LogP contribution in [0.3, 0.4) is 0 Å². The minimum absolute atomic E-state index is 0.0409. The molecule has 5 rings (SSSR count). The first-order valence-corrected chi connectivity index (χ1v) is 9.96. The molecular weight excluding hydrogens is 411 g/mol. The van der Waals surface area contributed by atoms with Crippen molar-refractivity contribution in [2.45, 2.75) is 0 Å². The average molecular weight is 431 g/mol. The van der Waals surface area contributed by atoms with Crippen LogP contribution in [-0.2, 0) is 0 Å². The van der Waals surface area contributed by atoms with E-state index in [0.29, 0.717) is 22.5 Å². The van der Waals surface area contributed by atoms with Crippen LogP contribution >= 0.6 is 11.6 Å². The fourth-order valence-electron chi connectivity index (χ4n) is 4.58. The Morgan fingerprint density at radius 1 is 1.23 bits per heavy atom. The monoisotopic (exact) mass is 430 g/mol. The van der Waals surface area contributed by atoms with Crippen molar-refractivity contribution in [3.05, 3.63) is 41.2 Å². The number of carbonyl (C=O) groups is 1. The highest BCUT2D eigenvalue weighted by molar-refractivity contribution is 6.34. The van der Waals surface area contributed by atoms with Crippen LogP contribution in [0.15, 0.2) is 24.8 Å². The van der Waals surface area contributed by atoms with E-state index < -0.39 is 11.7 Å². The number of aromatic nitrogens is 4. The van der Waals surface area contributed by atoms with Gasteiger partial charge in [0.1, 0.15) is 5.56 Å². The van der Waals surface area contributed by atoms with Crippen molar-refractivity contribution in [1.29, 1.82) is 0 Å². The molecule has 0 radical (unpaired) electrons. The number of halogens is 2. The molecule has 2 fully saturated rings. The number of carbonyl (C=O) groups excluding carboxylic acids is 1. The first-order valence-electron chi connectivity index (χ1n) is 9.58. The number of fused-ring (bicyclic) bond motifs is 2. The van der Waals surface area contributed by atoms with E-state index in [-0.39, 0.29) is 17.0 Å². The van der Waals surface area contributed by atoms with E-state index in [9.17, 15) is 9.18 Å². The van der Waals surface area contributed by atoms with Gasteiger partial charge in [-0.2, -0.15) is 0 Å². The molecule has 156 valence electrons. The van der Waals surface area contributed by atoms with E-state index in [4.69, 9.17) is 17.3 Å². The molecule has 2 atom stereocenters. The van der Waals surface area contributed by atoms with Gasteiger partial charge in [0.2, 0.25) is 0 Å². The van der Waals surface area contributed by atoms with Crippen LogP contribution in [0.25, 0.3) is 5.65 Å². The highest BCUT2D eigenvalue weighted by atomic mass is 35.5. The molecule has 1 amide bonds. The van der Waals surface area contributed by atoms with E-state index >= 15 is 0 Å². The maximum absolute atomic E-state index is 13.4. The van der Waals surface area contributed by atoms with Gasteiger partial charge in [-0.3, -0.25) is 9.78 Å². The average Bonchev–Trinajstić information content (AvgIpc) is 3.31. The molecule has 0 aliphatic carbocycles. The lowest BCUT2D eigenvalue weighted by Gasteiger charge is -2.25. The van der Waals surface area contributed by atoms with Crippen molar-refractivity contribution in [1.82, 2.24) is 24.5 Å². The predicted molar refractivity (Wildman–Crippen MR) is 111 cm³/mol. The van der Waals surface area contributed by atoms with Gasteiger partial charge in [-0.25, -0.2) is 13.9 Å². The van der Waals surface area contributed by atoms with Gasteiger partial charge in [0, 0.05) is 32.4 Å². The molecule has 0 bridgehead atoms. The van der Waals surface area contributed by atoms with Crippen molar-refractivity contribution in [3.8, 4) is 0 Å². The molecule has 2 unspecified atom stereocenters. The summed E-state index contributed by atoms with van der Waals surface area (Å²) in [6.07, 6.45) is 5.26. The van der Waals surface area contributed by atoms with Gasteiger partial charge in [0.15, 0.2) is 17.3 Å². The first-order chi connectivity index (χ1) is 14.4. The third kappa shape index (κ3) is 3.12. The second-order valence-electron chi connectivity index (χ2n) is 7.92. The Kier molecular flexibility index (Phi) is 4.48. The van der Waals surface area contributed by atoms with Crippen LogP contribution in [0.5, 0.6) is 0 Å². The Morgan fingerprint density at radius 3 is 2.70 bits per heavy atom. The van der Waals surface area contributed by atoms with Gasteiger partial charge in [-0.15, -0.1) is 5.10 Å². The summed E-state index contributed by atoms with van der Waals surface area (Å²) in [4.78, 5) is 25.7. The molecule has 0 aromatic carbocycles. The largest absolute Gasteiger partial charge is 0.381 e. The number of nitrogens with one attached hydrogen (secondary N) is 1. The lowest BCUT2D eigenvalue weighted by atomic mass is 10.0. The Labute approximate surface area is 176 Å². The molecular formula is C19H20ClFN8O. The summed E-state index contributed by atoms with van der Waals surface area (Å²) in [6, 6.07) is 0. The van der Waals surface area contributed by atoms with Gasteiger partial charge in [0.25, 0.3) is 5.91 Å². The lowest BCUT2D eigenvalue weighted by molar-refractivity contribution is 0.102. The number of nitrogens with two attached hydrogens (primary N) is 1. The number of likely N-dealkylation sites (tertiary alicyclic amines) is 1. The van der Waals surface area contributed by atoms with Crippen LogP contribution in [-0.4, -0.2) is 63.6 Å². The molecule has 3 aromatic rings. The second-order valence-corrected chi connectivity index (χ2v) is 8.33. The number of hydrogen-bond donors (Lipinski definition) is 2. The summed E-state index contributed by atoms with van der Waals surface area (Å²) in [5.41, 5.74) is 7.38. The number of amides is 1. The molecule has 30 heavy (non-hydrogen) atoms. The van der Waals surface area contributed by atoms with E-state index in [2.05, 4.69) is 37.2 Å². The summed E-state index contributed by atoms with van der Waals surface area (Å²) >= 11 is 6.49. The number of anilines is 3. The van der Waals surface area contributed by atoms with Gasteiger partial charge in [-0.05, 0) is 18.9 Å². The minimum atomic E-state index is -0.580. The maximum Gasteiger partial charge on any atom is 0.263 e. The van der Waals surface area contributed by atoms with Crippen LogP contribution in [0, 0.1) is 17.7 Å². The van der Waals surface area contributed by atoms with Gasteiger partial charge in [0.05, 0.1) is 35.0 Å². The van der Waals surface area contributed by atoms with Crippen LogP contribution < -0.4 is 16.0 Å². The smallest absolute Gasteiger partial charge is 0.263 e. The lowest BCUT2D eigenvalue weighted by Crippen LogP contribution is -2.28. The fraction of sp³-hybridized carbons (Fsp3) is 0.368. The number of rotatable bonds is 3. The third-order valence-electron chi connectivity index (χ3n) is 5.80. The van der Waals surface area contributed by atoms with Crippen LogP contribution in [0.2, 0.25) is 5.02 Å². The van der Waals surface area contributed by atoms with Gasteiger partial charge in [-0.1, -0.05) is 11.6 Å². The molecule has 11 heteroatoms. The van der Waals surface area contributed by atoms with Gasteiger partial charge < -0.3 is 20.9 Å². The quantitative estimate of drug-likeness (QED) is 0.652. The van der Waals surface area contributed by atoms with E-state index in [1.807, 2.05) is 0 Å². The summed E-state index contributed by atoms with van der Waals surface area (Å²) in [6.45, 7) is 3.82. The topological polar surface area (TPSA) is 105 Å². The molecule has 3 N–H and O–H groups in total. The van der Waals surface area contributed by atoms with E-state index in [1.54, 1.807) is 12.4 Å². The number of nitrogens with zero attached hydrogens (tertiary/aromatic N) is 6. The van der Waals surface area contributed by atoms with Crippen molar-refractivity contribution in [3.63, 3.8) is 0 Å². The first kappa shape index (κ1) is 19.0. The summed E-state index contributed by atoms with van der Waals surface area (Å²) in [7, 11) is 2.13. The summed E-state index contributed by atoms with van der Waals surface area (Å²) in [5.74, 6) is 0.00437. The highest BCUT2D eigenvalue weighted by Crippen LogP contribution is 2.40. The van der Waals surface area contributed by atoms with Crippen molar-refractivity contribution < 1.29 is 9.18 Å². The molecule has 3 aromatic heterocycles.